The molecule has 5 N–H and O–H groups in total. The van der Waals surface area contributed by atoms with E-state index in [0.29, 0.717) is 72.7 Å². The number of esters is 2. The van der Waals surface area contributed by atoms with Crippen molar-refractivity contribution in [2.24, 2.45) is 52.5 Å². The zero-order chi connectivity index (χ0) is 65.4. The Labute approximate surface area is 534 Å². The topological polar surface area (TPSA) is 231 Å². The summed E-state index contributed by atoms with van der Waals surface area (Å²) in [5, 5.41) is 61.9. The van der Waals surface area contributed by atoms with Gasteiger partial charge in [-0.15, -0.1) is 0 Å². The molecule has 12 unspecified atom stereocenters. The summed E-state index contributed by atoms with van der Waals surface area (Å²) < 4.78 is 51.7. The SMILES string of the molecule is CC1=CC2C(=O)OC3CC(C/C=C(\C)CC(C)/C=C/C=C4\COC(C1O)C42O)OC1(C3)CC(O)C(C)C(/C(C)=C/C(C)C)O1.CO/N=C1\C[C@]2(C[C@@H]3CC(C/C=C(\C)C[C@@H](C)/C=C/C=C4\CO[C@@H]5[C@H](O)C(C)=C[C@@H](C(=O)O3)[C@]45O)O2)O[C@H](/C(C)=C/C(C)C)[C@H]1C. The molecule has 10 rings (SSSR count). The van der Waals surface area contributed by atoms with Crippen molar-refractivity contribution in [1.82, 2.24) is 0 Å². The number of nitrogens with zero attached hydrogens (tertiary/aromatic N) is 1. The second-order valence-corrected chi connectivity index (χ2v) is 28.9. The summed E-state index contributed by atoms with van der Waals surface area (Å²) >= 11 is 0. The van der Waals surface area contributed by atoms with Crippen LogP contribution in [0, 0.1) is 47.3 Å². The molecule has 0 saturated carbocycles. The highest BCUT2D eigenvalue weighted by Crippen LogP contribution is 2.51. The molecular weight excluding hydrogens is 1150 g/mol. The second-order valence-electron chi connectivity index (χ2n) is 28.9. The van der Waals surface area contributed by atoms with Crippen LogP contribution in [0.2, 0.25) is 0 Å². The van der Waals surface area contributed by atoms with Gasteiger partial charge in [0, 0.05) is 50.4 Å². The van der Waals surface area contributed by atoms with E-state index < -0.39 is 89.3 Å². The first kappa shape index (κ1) is 69.7. The highest BCUT2D eigenvalue weighted by atomic mass is 16.7. The van der Waals surface area contributed by atoms with Crippen LogP contribution in [-0.2, 0) is 52.3 Å². The van der Waals surface area contributed by atoms with Gasteiger partial charge in [0.15, 0.2) is 11.6 Å². The van der Waals surface area contributed by atoms with E-state index in [1.165, 1.54) is 11.1 Å². The third-order valence-electron chi connectivity index (χ3n) is 20.2. The number of fused-ring (bicyclic) bond motifs is 4. The van der Waals surface area contributed by atoms with Crippen LogP contribution < -0.4 is 0 Å². The predicted molar refractivity (Wildman–Crippen MR) is 343 cm³/mol. The van der Waals surface area contributed by atoms with E-state index in [9.17, 15) is 35.1 Å². The minimum absolute atomic E-state index is 0.0340. The number of hydrogen-bond acceptors (Lipinski definition) is 17. The van der Waals surface area contributed by atoms with E-state index in [4.69, 9.17) is 42.7 Å². The van der Waals surface area contributed by atoms with Crippen molar-refractivity contribution >= 4 is 17.7 Å². The van der Waals surface area contributed by atoms with Gasteiger partial charge in [-0.3, -0.25) is 9.59 Å². The molecule has 6 saturated heterocycles. The molecule has 17 nitrogen and oxygen atoms in total. The van der Waals surface area contributed by atoms with E-state index in [-0.39, 0.29) is 74.1 Å². The Bertz CT molecular complexity index is 2980. The van der Waals surface area contributed by atoms with Crippen LogP contribution in [0.25, 0.3) is 0 Å². The Morgan fingerprint density at radius 1 is 0.633 bits per heavy atom. The first-order valence-electron chi connectivity index (χ1n) is 33.2. The molecule has 498 valence electrons. The molecule has 21 atom stereocenters. The molecule has 0 aromatic carbocycles. The molecule has 0 aromatic rings. The standard InChI is InChI=1S/C37H53NO8.C36H52O8/c1-21(2)14-25(6)33-26(7)31(38-42-8)19-36(46-33)18-29-17-28(45-36)13-12-23(4)15-22(3)10-9-11-27-20-43-34-32(39)24(5)16-30(35(40)44-29)37(27,34)41;1-20(2)13-24(6)32-25(7)30(37)18-35(44-32)17-28-16-27(43-35)12-11-22(4)14-21(3)9-8-10-26-19-41-33-31(38)23(5)15-29(34(39)42-28)36(26,33)40/h9-12,14,16,21-22,26,28-30,32-34,39,41H,13,15,17-20H2,1-8H3;8-11,13,15,20-21,25,27-33,37-38,40H,12,14,16-19H2,1-7H3/b10-9+,23-12+,25-14+,27-11+,38-31+;9-8+,22-11+,24-13+,26-10+/t22-,26-,28?,29-,30-,32+,33+,34+,36-,37+;/m0./s1. The highest BCUT2D eigenvalue weighted by Gasteiger charge is 2.62. The van der Waals surface area contributed by atoms with Gasteiger partial charge in [-0.1, -0.05) is 145 Å². The molecule has 17 heteroatoms. The molecule has 0 amide bonds. The van der Waals surface area contributed by atoms with Crippen LogP contribution in [0.1, 0.15) is 161 Å². The molecule has 8 heterocycles. The lowest BCUT2D eigenvalue weighted by molar-refractivity contribution is -0.343. The summed E-state index contributed by atoms with van der Waals surface area (Å²) in [6.45, 7) is 29.0. The first-order chi connectivity index (χ1) is 42.5. The van der Waals surface area contributed by atoms with E-state index in [2.05, 4.69) is 111 Å². The Kier molecular flexibility index (Phi) is 22.1. The Morgan fingerprint density at radius 2 is 1.08 bits per heavy atom. The molecule has 10 aliphatic rings. The van der Waals surface area contributed by atoms with E-state index in [0.717, 1.165) is 29.7 Å². The highest BCUT2D eigenvalue weighted by molar-refractivity contribution is 5.88. The van der Waals surface area contributed by atoms with E-state index in [1.807, 2.05) is 38.2 Å². The van der Waals surface area contributed by atoms with Crippen molar-refractivity contribution in [2.45, 2.75) is 251 Å². The quantitative estimate of drug-likeness (QED) is 0.0979. The Morgan fingerprint density at radius 3 is 1.54 bits per heavy atom. The van der Waals surface area contributed by atoms with Crippen LogP contribution in [0.15, 0.2) is 123 Å². The summed E-state index contributed by atoms with van der Waals surface area (Å²) in [5.41, 5.74) is 4.18. The number of carbonyl (C=O) groups excluding carboxylic acids is 2. The van der Waals surface area contributed by atoms with Crippen molar-refractivity contribution in [3.8, 4) is 0 Å². The molecule has 90 heavy (non-hydrogen) atoms. The zero-order valence-electron chi connectivity index (χ0n) is 56.1. The molecule has 0 radical (unpaired) electrons. The van der Waals surface area contributed by atoms with Crippen LogP contribution in [0.4, 0.5) is 0 Å². The Hall–Kier alpha value is -4.63. The molecule has 8 aliphatic heterocycles. The smallest absolute Gasteiger partial charge is 0.316 e. The number of carbonyl (C=O) groups is 2. The lowest BCUT2D eigenvalue weighted by Gasteiger charge is -2.51. The largest absolute Gasteiger partial charge is 0.462 e. The van der Waals surface area contributed by atoms with Gasteiger partial charge in [0.25, 0.3) is 0 Å². The van der Waals surface area contributed by atoms with Gasteiger partial charge in [0.1, 0.15) is 66.8 Å². The average molecular weight is 1250 g/mol. The number of allylic oxidation sites excluding steroid dienone is 10. The minimum Gasteiger partial charge on any atom is -0.462 e. The zero-order valence-corrected chi connectivity index (χ0v) is 56.1. The fourth-order valence-electron chi connectivity index (χ4n) is 15.8. The van der Waals surface area contributed by atoms with Gasteiger partial charge in [0.05, 0.1) is 49.4 Å². The summed E-state index contributed by atoms with van der Waals surface area (Å²) in [5.74, 6) is -4.47. The van der Waals surface area contributed by atoms with Gasteiger partial charge >= 0.3 is 11.9 Å². The molecular formula is C73H105NO16. The van der Waals surface area contributed by atoms with Gasteiger partial charge in [-0.25, -0.2) is 0 Å². The van der Waals surface area contributed by atoms with Crippen LogP contribution in [0.3, 0.4) is 0 Å². The number of rotatable bonds is 5. The van der Waals surface area contributed by atoms with Gasteiger partial charge < -0.3 is 68.3 Å². The lowest BCUT2D eigenvalue weighted by Crippen LogP contribution is -2.59. The van der Waals surface area contributed by atoms with Crippen molar-refractivity contribution in [2.75, 3.05) is 20.3 Å². The van der Waals surface area contributed by atoms with Crippen molar-refractivity contribution in [3.05, 3.63) is 117 Å². The van der Waals surface area contributed by atoms with Crippen molar-refractivity contribution < 1.29 is 77.9 Å². The van der Waals surface area contributed by atoms with E-state index in [1.54, 1.807) is 33.1 Å². The normalized spacial score (nSPS) is 45.6. The monoisotopic (exact) mass is 1250 g/mol. The molecule has 0 aromatic heterocycles. The summed E-state index contributed by atoms with van der Waals surface area (Å²) in [6.07, 6.45) is 21.8. The molecule has 2 aliphatic carbocycles. The molecule has 2 spiro atoms. The number of aliphatic hydroxyl groups excluding tert-OH is 3. The number of hydrogen-bond donors (Lipinski definition) is 5. The number of oxime groups is 1. The molecule has 4 bridgehead atoms. The third-order valence-corrected chi connectivity index (χ3v) is 20.2. The van der Waals surface area contributed by atoms with Gasteiger partial charge in [-0.2, -0.15) is 0 Å². The number of ether oxygens (including phenoxy) is 8. The summed E-state index contributed by atoms with van der Waals surface area (Å²) in [7, 11) is 1.55. The van der Waals surface area contributed by atoms with Crippen molar-refractivity contribution in [1.29, 1.82) is 0 Å². The fraction of sp³-hybridized carbons (Fsp3) is 0.685. The van der Waals surface area contributed by atoms with Gasteiger partial charge in [-0.05, 0) is 124 Å². The van der Waals surface area contributed by atoms with Gasteiger partial charge in [0.2, 0.25) is 0 Å². The average Bonchev–Trinajstić information content (AvgIpc) is 1.49. The van der Waals surface area contributed by atoms with E-state index >= 15 is 0 Å². The number of aliphatic hydroxyl groups is 5. The van der Waals surface area contributed by atoms with Crippen LogP contribution in [0.5, 0.6) is 0 Å². The van der Waals surface area contributed by atoms with Crippen LogP contribution in [-0.4, -0.2) is 153 Å². The summed E-state index contributed by atoms with van der Waals surface area (Å²) in [6, 6.07) is 0. The second kappa shape index (κ2) is 28.5. The predicted octanol–water partition coefficient (Wildman–Crippen LogP) is 10.8. The maximum absolute atomic E-state index is 14.2. The third kappa shape index (κ3) is 15.0. The van der Waals surface area contributed by atoms with Crippen LogP contribution >= 0.6 is 0 Å². The fourth-order valence-corrected chi connectivity index (χ4v) is 15.8. The first-order valence-corrected chi connectivity index (χ1v) is 33.2. The van der Waals surface area contributed by atoms with Crippen molar-refractivity contribution in [3.63, 3.8) is 0 Å². The maximum atomic E-state index is 14.2. The lowest BCUT2D eigenvalue weighted by atomic mass is 9.71. The maximum Gasteiger partial charge on any atom is 0.316 e. The Balaban J connectivity index is 0.000000214. The summed E-state index contributed by atoms with van der Waals surface area (Å²) in [4.78, 5) is 33.5. The minimum atomic E-state index is -1.74. The molecule has 6 fully saturated rings.